The molecule has 0 saturated carbocycles. The van der Waals surface area contributed by atoms with Crippen molar-refractivity contribution in [3.05, 3.63) is 129 Å². The van der Waals surface area contributed by atoms with E-state index in [2.05, 4.69) is 127 Å². The quantitative estimate of drug-likeness (QED) is 0.141. The number of rotatable bonds is 2. The molecule has 0 N–H and O–H groups in total. The molecule has 0 aromatic heterocycles. The second-order valence-corrected chi connectivity index (χ2v) is 15.0. The van der Waals surface area contributed by atoms with Crippen LogP contribution in [-0.4, -0.2) is 0 Å². The maximum absolute atomic E-state index is 10.1. The van der Waals surface area contributed by atoms with Crippen LogP contribution in [0.15, 0.2) is 107 Å². The fourth-order valence-corrected chi connectivity index (χ4v) is 7.58. The Morgan fingerprint density at radius 1 is 0.460 bits per heavy atom. The number of nitrogens with zero attached hydrogens (tertiary/aromatic N) is 4. The summed E-state index contributed by atoms with van der Waals surface area (Å²) in [5.41, 5.74) is 10.8. The summed E-state index contributed by atoms with van der Waals surface area (Å²) < 4.78 is 0. The summed E-state index contributed by atoms with van der Waals surface area (Å²) in [6.07, 6.45) is 4.27. The molecule has 5 aromatic carbocycles. The zero-order valence-corrected chi connectivity index (χ0v) is 29.0. The van der Waals surface area contributed by atoms with Crippen molar-refractivity contribution in [2.45, 2.75) is 41.5 Å². The zero-order valence-electron chi connectivity index (χ0n) is 29.0. The van der Waals surface area contributed by atoms with Crippen LogP contribution in [-0.2, 0) is 0 Å². The Morgan fingerprint density at radius 3 is 1.18 bits per heavy atom. The van der Waals surface area contributed by atoms with E-state index in [0.29, 0.717) is 11.1 Å². The monoisotopic (exact) mass is 642 g/mol. The van der Waals surface area contributed by atoms with Crippen LogP contribution in [0.4, 0.5) is 0 Å². The van der Waals surface area contributed by atoms with Crippen molar-refractivity contribution in [2.75, 3.05) is 0 Å². The van der Waals surface area contributed by atoms with Gasteiger partial charge in [-0.05, 0) is 124 Å². The molecule has 0 saturated heterocycles. The fraction of sp³-hybridized carbons (Fsp3) is 0.174. The van der Waals surface area contributed by atoms with Gasteiger partial charge < -0.3 is 0 Å². The third-order valence-electron chi connectivity index (χ3n) is 9.82. The van der Waals surface area contributed by atoms with E-state index < -0.39 is 0 Å². The van der Waals surface area contributed by atoms with Gasteiger partial charge in [0.15, 0.2) is 0 Å². The molecule has 0 atom stereocenters. The van der Waals surface area contributed by atoms with Crippen molar-refractivity contribution < 1.29 is 0 Å². The molecule has 0 amide bonds. The van der Waals surface area contributed by atoms with Gasteiger partial charge in [-0.1, -0.05) is 102 Å². The van der Waals surface area contributed by atoms with Crippen LogP contribution < -0.4 is 0 Å². The molecule has 0 bridgehead atoms. The number of nitriles is 4. The highest BCUT2D eigenvalue weighted by atomic mass is 14.4. The highest BCUT2D eigenvalue weighted by molar-refractivity contribution is 6.24. The van der Waals surface area contributed by atoms with E-state index >= 15 is 0 Å². The average Bonchev–Trinajstić information content (AvgIpc) is 3.67. The van der Waals surface area contributed by atoms with Crippen molar-refractivity contribution >= 4 is 44.8 Å². The summed E-state index contributed by atoms with van der Waals surface area (Å²) in [6, 6.07) is 38.2. The first-order chi connectivity index (χ1) is 23.9. The molecule has 7 rings (SSSR count). The van der Waals surface area contributed by atoms with Gasteiger partial charge in [-0.2, -0.15) is 21.0 Å². The van der Waals surface area contributed by atoms with Gasteiger partial charge in [-0.15, -0.1) is 0 Å². The first kappa shape index (κ1) is 32.1. The summed E-state index contributed by atoms with van der Waals surface area (Å²) in [4.78, 5) is 0. The minimum atomic E-state index is -0.320. The van der Waals surface area contributed by atoms with Crippen LogP contribution in [0.1, 0.15) is 63.8 Å². The Labute approximate surface area is 293 Å². The van der Waals surface area contributed by atoms with E-state index in [4.69, 9.17) is 0 Å². The topological polar surface area (TPSA) is 95.2 Å². The molecule has 0 radical (unpaired) electrons. The van der Waals surface area contributed by atoms with Gasteiger partial charge in [0.1, 0.15) is 35.4 Å². The third-order valence-corrected chi connectivity index (χ3v) is 9.82. The van der Waals surface area contributed by atoms with Crippen molar-refractivity contribution in [3.8, 4) is 46.5 Å². The molecule has 0 heterocycles. The first-order valence-electron chi connectivity index (χ1n) is 16.7. The van der Waals surface area contributed by atoms with Crippen LogP contribution in [0.5, 0.6) is 0 Å². The van der Waals surface area contributed by atoms with Crippen molar-refractivity contribution in [2.24, 2.45) is 10.8 Å². The van der Waals surface area contributed by atoms with Gasteiger partial charge in [-0.3, -0.25) is 0 Å². The van der Waals surface area contributed by atoms with Crippen molar-refractivity contribution in [1.29, 1.82) is 21.0 Å². The van der Waals surface area contributed by atoms with E-state index in [1.165, 1.54) is 0 Å². The predicted octanol–water partition coefficient (Wildman–Crippen LogP) is 11.8. The molecular formula is C46H34N4. The van der Waals surface area contributed by atoms with E-state index in [1.54, 1.807) is 0 Å². The lowest BCUT2D eigenvalue weighted by atomic mass is 9.79. The molecule has 0 unspecified atom stereocenters. The SMILES string of the molecule is CC(C)(C)C1=Cc2cc3c(cc2C1=C(C#N)C#N)c(-c1ccccc1)c(-c1ccccc1)c1cc2c(cc13)C(=C(C#N)C#N)C(C(C)(C)C)=C2. The Kier molecular flexibility index (Phi) is 7.45. The fourth-order valence-electron chi connectivity index (χ4n) is 7.58. The standard InChI is InChI=1S/C46H34N4/c1-45(2,3)39-19-29-17-35-36-21-33-30(20-40(46(4,5)6)41(33)31(23-47)24-48)18-37(36)43(27-13-9-7-10-14-27)44(28-15-11-8-12-16-28)38(35)22-34(29)42(39)32(25-49)26-50/h7-22H,1-6H3. The minimum Gasteiger partial charge on any atom is -0.192 e. The molecule has 0 aliphatic heterocycles. The molecule has 5 aromatic rings. The second kappa shape index (κ2) is 11.6. The Hall–Kier alpha value is -6.46. The minimum absolute atomic E-state index is 0.100. The lowest BCUT2D eigenvalue weighted by Crippen LogP contribution is -2.09. The second-order valence-electron chi connectivity index (χ2n) is 15.0. The zero-order chi connectivity index (χ0) is 35.5. The van der Waals surface area contributed by atoms with E-state index in [0.717, 1.165) is 77.2 Å². The molecule has 50 heavy (non-hydrogen) atoms. The highest BCUT2D eigenvalue weighted by Crippen LogP contribution is 2.53. The Bertz CT molecular complexity index is 2570. The third kappa shape index (κ3) is 4.94. The van der Waals surface area contributed by atoms with Crippen molar-refractivity contribution in [3.63, 3.8) is 0 Å². The molecule has 0 spiro atoms. The largest absolute Gasteiger partial charge is 0.192 e. The molecule has 2 aliphatic rings. The maximum atomic E-state index is 10.1. The van der Waals surface area contributed by atoms with Crippen LogP contribution in [0.3, 0.4) is 0 Å². The van der Waals surface area contributed by atoms with Crippen LogP contribution >= 0.6 is 0 Å². The van der Waals surface area contributed by atoms with Gasteiger partial charge in [0, 0.05) is 11.1 Å². The lowest BCUT2D eigenvalue weighted by molar-refractivity contribution is 0.525. The molecule has 4 heteroatoms. The molecule has 0 fully saturated rings. The number of hydrogen-bond donors (Lipinski definition) is 0. The molecule has 238 valence electrons. The normalized spacial score (nSPS) is 13.5. The smallest absolute Gasteiger partial charge is 0.137 e. The summed E-state index contributed by atoms with van der Waals surface area (Å²) in [5, 5.41) is 44.6. The summed E-state index contributed by atoms with van der Waals surface area (Å²) in [6.45, 7) is 12.6. The van der Waals surface area contributed by atoms with Crippen LogP contribution in [0, 0.1) is 56.2 Å². The van der Waals surface area contributed by atoms with E-state index in [9.17, 15) is 21.0 Å². The maximum Gasteiger partial charge on any atom is 0.137 e. The molecule has 4 nitrogen and oxygen atoms in total. The molecule has 2 aliphatic carbocycles. The predicted molar refractivity (Wildman–Crippen MR) is 203 cm³/mol. The van der Waals surface area contributed by atoms with Crippen LogP contribution in [0.25, 0.3) is 67.1 Å². The number of fused-ring (bicyclic) bond motifs is 5. The molecular weight excluding hydrogens is 609 g/mol. The van der Waals surface area contributed by atoms with Gasteiger partial charge in [0.2, 0.25) is 0 Å². The van der Waals surface area contributed by atoms with Crippen LogP contribution in [0.2, 0.25) is 0 Å². The van der Waals surface area contributed by atoms with Gasteiger partial charge in [0.25, 0.3) is 0 Å². The average molecular weight is 643 g/mol. The van der Waals surface area contributed by atoms with Crippen molar-refractivity contribution in [1.82, 2.24) is 0 Å². The first-order valence-corrected chi connectivity index (χ1v) is 16.7. The number of allylic oxidation sites excluding steroid dienone is 6. The highest BCUT2D eigenvalue weighted by Gasteiger charge is 2.34. The summed E-state index contributed by atoms with van der Waals surface area (Å²) >= 11 is 0. The van der Waals surface area contributed by atoms with Gasteiger partial charge in [0.05, 0.1) is 0 Å². The van der Waals surface area contributed by atoms with Gasteiger partial charge >= 0.3 is 0 Å². The number of hydrogen-bond acceptors (Lipinski definition) is 4. The Balaban J connectivity index is 1.74. The van der Waals surface area contributed by atoms with E-state index in [1.807, 2.05) is 36.4 Å². The Morgan fingerprint density at radius 2 is 0.800 bits per heavy atom. The van der Waals surface area contributed by atoms with Gasteiger partial charge in [-0.25, -0.2) is 0 Å². The number of benzene rings is 5. The van der Waals surface area contributed by atoms with E-state index in [-0.39, 0.29) is 22.0 Å². The lowest BCUT2D eigenvalue weighted by Gasteiger charge is -2.23. The summed E-state index contributed by atoms with van der Waals surface area (Å²) in [7, 11) is 0. The summed E-state index contributed by atoms with van der Waals surface area (Å²) in [5.74, 6) is 0.